The van der Waals surface area contributed by atoms with Gasteiger partial charge in [-0.05, 0) is 51.4 Å². The summed E-state index contributed by atoms with van der Waals surface area (Å²) in [4.78, 5) is 1.27. The van der Waals surface area contributed by atoms with Crippen LogP contribution >= 0.6 is 54.8 Å². The zero-order valence-corrected chi connectivity index (χ0v) is 16.2. The minimum atomic E-state index is 0.222. The van der Waals surface area contributed by atoms with Gasteiger partial charge in [0.05, 0.1) is 20.2 Å². The molecule has 0 saturated carbocycles. The van der Waals surface area contributed by atoms with E-state index in [-0.39, 0.29) is 6.04 Å². The number of hydrogen-bond acceptors (Lipinski definition) is 3. The Balaban J connectivity index is 2.29. The Labute approximate surface area is 145 Å². The van der Waals surface area contributed by atoms with Crippen molar-refractivity contribution < 1.29 is 0 Å². The number of thiophene rings is 1. The maximum Gasteiger partial charge on any atom is 0.0850 e. The van der Waals surface area contributed by atoms with Crippen molar-refractivity contribution in [3.8, 4) is 0 Å². The van der Waals surface area contributed by atoms with Gasteiger partial charge in [0.2, 0.25) is 0 Å². The Kier molecular flexibility index (Phi) is 5.71. The number of nitrogens with zero attached hydrogens (tertiary/aromatic N) is 2. The lowest BCUT2D eigenvalue weighted by Gasteiger charge is -2.14. The first kappa shape index (κ1) is 16.5. The van der Waals surface area contributed by atoms with Gasteiger partial charge in [-0.1, -0.05) is 18.5 Å². The van der Waals surface area contributed by atoms with Crippen molar-refractivity contribution in [3.05, 3.63) is 35.6 Å². The van der Waals surface area contributed by atoms with Gasteiger partial charge in [-0.2, -0.15) is 5.10 Å². The van der Waals surface area contributed by atoms with E-state index in [1.807, 2.05) is 18.8 Å². The fraction of sp³-hybridized carbons (Fsp3) is 0.462. The summed E-state index contributed by atoms with van der Waals surface area (Å²) in [5.74, 6) is 0. The van der Waals surface area contributed by atoms with Crippen molar-refractivity contribution in [3.63, 3.8) is 0 Å². The van der Waals surface area contributed by atoms with Crippen LogP contribution in [-0.2, 0) is 19.9 Å². The van der Waals surface area contributed by atoms with Crippen LogP contribution in [0.25, 0.3) is 0 Å². The average Bonchev–Trinajstić information content (AvgIpc) is 2.88. The third-order valence-corrected chi connectivity index (χ3v) is 7.06. The van der Waals surface area contributed by atoms with E-state index in [1.165, 1.54) is 4.88 Å². The second kappa shape index (κ2) is 6.92. The van der Waals surface area contributed by atoms with Crippen LogP contribution in [0.1, 0.15) is 29.2 Å². The molecule has 1 N–H and O–H groups in total. The van der Waals surface area contributed by atoms with Gasteiger partial charge in [0.1, 0.15) is 0 Å². The normalized spacial score (nSPS) is 12.9. The molecular formula is C13H16Br2ClN3S. The fourth-order valence-corrected chi connectivity index (χ4v) is 4.69. The molecule has 2 aromatic heterocycles. The van der Waals surface area contributed by atoms with E-state index in [0.29, 0.717) is 0 Å². The highest BCUT2D eigenvalue weighted by Crippen LogP contribution is 2.37. The van der Waals surface area contributed by atoms with E-state index in [2.05, 4.69) is 55.3 Å². The quantitative estimate of drug-likeness (QED) is 0.727. The van der Waals surface area contributed by atoms with E-state index in [0.717, 1.165) is 37.5 Å². The SMILES string of the molecule is CCc1nn(C)c(CC(NC)c2cc(Br)c(Br)s2)c1Cl. The van der Waals surface area contributed by atoms with Crippen LogP contribution in [0.15, 0.2) is 14.3 Å². The maximum absolute atomic E-state index is 6.43. The monoisotopic (exact) mass is 439 g/mol. The number of aromatic nitrogens is 2. The molecule has 1 unspecified atom stereocenters. The molecule has 0 aromatic carbocycles. The third kappa shape index (κ3) is 3.30. The first-order valence-corrected chi connectivity index (χ1v) is 9.08. The summed E-state index contributed by atoms with van der Waals surface area (Å²) in [5.41, 5.74) is 2.04. The largest absolute Gasteiger partial charge is 0.312 e. The Hall–Kier alpha value is 0.120. The average molecular weight is 442 g/mol. The summed E-state index contributed by atoms with van der Waals surface area (Å²) in [6.07, 6.45) is 1.67. The highest BCUT2D eigenvalue weighted by atomic mass is 79.9. The molecule has 0 aliphatic heterocycles. The second-order valence-electron chi connectivity index (χ2n) is 4.50. The van der Waals surface area contributed by atoms with Gasteiger partial charge < -0.3 is 5.32 Å². The molecule has 0 fully saturated rings. The van der Waals surface area contributed by atoms with Crippen molar-refractivity contribution in [2.45, 2.75) is 25.8 Å². The highest BCUT2D eigenvalue weighted by molar-refractivity contribution is 9.13. The summed E-state index contributed by atoms with van der Waals surface area (Å²) in [6, 6.07) is 2.36. The minimum Gasteiger partial charge on any atom is -0.312 e. The number of likely N-dealkylation sites (N-methyl/N-ethyl adjacent to an activating group) is 1. The molecule has 110 valence electrons. The lowest BCUT2D eigenvalue weighted by Crippen LogP contribution is -2.19. The van der Waals surface area contributed by atoms with Crippen LogP contribution in [0.4, 0.5) is 0 Å². The molecule has 0 bridgehead atoms. The Morgan fingerprint density at radius 1 is 1.50 bits per heavy atom. The van der Waals surface area contributed by atoms with Gasteiger partial charge in [-0.3, -0.25) is 4.68 Å². The Morgan fingerprint density at radius 2 is 2.20 bits per heavy atom. The number of rotatable bonds is 5. The Bertz CT molecular complexity index is 590. The molecule has 2 rings (SSSR count). The zero-order valence-electron chi connectivity index (χ0n) is 11.5. The fourth-order valence-electron chi connectivity index (χ4n) is 2.11. The third-order valence-electron chi connectivity index (χ3n) is 3.26. The molecular weight excluding hydrogens is 425 g/mol. The number of halogens is 3. The van der Waals surface area contributed by atoms with Gasteiger partial charge in [-0.25, -0.2) is 0 Å². The molecule has 20 heavy (non-hydrogen) atoms. The molecule has 1 atom stereocenters. The van der Waals surface area contributed by atoms with Crippen LogP contribution in [-0.4, -0.2) is 16.8 Å². The van der Waals surface area contributed by atoms with Crippen LogP contribution < -0.4 is 5.32 Å². The molecule has 3 nitrogen and oxygen atoms in total. The molecule has 0 aliphatic carbocycles. The van der Waals surface area contributed by atoms with E-state index in [1.54, 1.807) is 11.3 Å². The summed E-state index contributed by atoms with van der Waals surface area (Å²) < 4.78 is 4.09. The van der Waals surface area contributed by atoms with Gasteiger partial charge in [0, 0.05) is 28.9 Å². The smallest absolute Gasteiger partial charge is 0.0850 e. The van der Waals surface area contributed by atoms with E-state index in [4.69, 9.17) is 11.6 Å². The van der Waals surface area contributed by atoms with Gasteiger partial charge >= 0.3 is 0 Å². The standard InChI is InChI=1S/C13H16Br2ClN3S/c1-4-8-12(16)10(19(3)18-8)6-9(17-2)11-5-7(14)13(15)20-11/h5,9,17H,4,6H2,1-3H3. The van der Waals surface area contributed by atoms with Gasteiger partial charge in [0.15, 0.2) is 0 Å². The van der Waals surface area contributed by atoms with Crippen LogP contribution in [0, 0.1) is 0 Å². The first-order chi connectivity index (χ1) is 9.47. The number of aryl methyl sites for hydroxylation is 2. The summed E-state index contributed by atoms with van der Waals surface area (Å²) in [7, 11) is 3.92. The van der Waals surface area contributed by atoms with E-state index >= 15 is 0 Å². The summed E-state index contributed by atoms with van der Waals surface area (Å²) in [6.45, 7) is 2.07. The van der Waals surface area contributed by atoms with Crippen molar-refractivity contribution >= 4 is 54.8 Å². The molecule has 2 heterocycles. The van der Waals surface area contributed by atoms with Crippen molar-refractivity contribution in [1.29, 1.82) is 0 Å². The van der Waals surface area contributed by atoms with Crippen LogP contribution in [0.3, 0.4) is 0 Å². The summed E-state index contributed by atoms with van der Waals surface area (Å²) >= 11 is 15.2. The molecule has 0 saturated heterocycles. The maximum atomic E-state index is 6.43. The molecule has 7 heteroatoms. The lowest BCUT2D eigenvalue weighted by atomic mass is 10.1. The zero-order chi connectivity index (χ0) is 14.9. The van der Waals surface area contributed by atoms with Gasteiger partial charge in [0.25, 0.3) is 0 Å². The van der Waals surface area contributed by atoms with Crippen molar-refractivity contribution in [1.82, 2.24) is 15.1 Å². The van der Waals surface area contributed by atoms with Crippen molar-refractivity contribution in [2.24, 2.45) is 7.05 Å². The van der Waals surface area contributed by atoms with Crippen LogP contribution in [0.5, 0.6) is 0 Å². The van der Waals surface area contributed by atoms with Crippen LogP contribution in [0.2, 0.25) is 5.02 Å². The first-order valence-electron chi connectivity index (χ1n) is 6.30. The van der Waals surface area contributed by atoms with Crippen molar-refractivity contribution in [2.75, 3.05) is 7.05 Å². The van der Waals surface area contributed by atoms with E-state index < -0.39 is 0 Å². The second-order valence-corrected chi connectivity index (χ2v) is 8.13. The molecule has 0 spiro atoms. The minimum absolute atomic E-state index is 0.222. The molecule has 0 amide bonds. The molecule has 0 radical (unpaired) electrons. The summed E-state index contributed by atoms with van der Waals surface area (Å²) in [5, 5.41) is 8.63. The number of hydrogen-bond donors (Lipinski definition) is 1. The van der Waals surface area contributed by atoms with Gasteiger partial charge in [-0.15, -0.1) is 11.3 Å². The topological polar surface area (TPSA) is 29.9 Å². The lowest BCUT2D eigenvalue weighted by molar-refractivity contribution is 0.569. The predicted octanol–water partition coefficient (Wildman–Crippen LogP) is 4.73. The predicted molar refractivity (Wildman–Crippen MR) is 92.8 cm³/mol. The van der Waals surface area contributed by atoms with E-state index in [9.17, 15) is 0 Å². The Morgan fingerprint density at radius 3 is 2.65 bits per heavy atom. The highest BCUT2D eigenvalue weighted by Gasteiger charge is 2.20. The molecule has 2 aromatic rings. The number of nitrogens with one attached hydrogen (secondary N) is 1. The molecule has 0 aliphatic rings.